The normalized spacial score (nSPS) is 38.8. The van der Waals surface area contributed by atoms with Crippen LogP contribution in [0.2, 0.25) is 0 Å². The average Bonchev–Trinajstić information content (AvgIpc) is 2.62. The van der Waals surface area contributed by atoms with Crippen LogP contribution in [0.15, 0.2) is 4.99 Å². The Kier molecular flexibility index (Phi) is 3.96. The summed E-state index contributed by atoms with van der Waals surface area (Å²) in [5.41, 5.74) is 0.786. The van der Waals surface area contributed by atoms with Gasteiger partial charge in [-0.1, -0.05) is 32.1 Å². The second-order valence-electron chi connectivity index (χ2n) is 9.44. The number of piperidine rings is 1. The van der Waals surface area contributed by atoms with Gasteiger partial charge in [0.2, 0.25) is 5.91 Å². The molecule has 0 radical (unpaired) electrons. The molecular weight excluding hydrogens is 310 g/mol. The van der Waals surface area contributed by atoms with Crippen LogP contribution in [-0.2, 0) is 4.79 Å². The first-order valence-electron chi connectivity index (χ1n) is 10.9. The van der Waals surface area contributed by atoms with Gasteiger partial charge in [-0.15, -0.1) is 0 Å². The highest BCUT2D eigenvalue weighted by Crippen LogP contribution is 2.48. The topological polar surface area (TPSA) is 44.7 Å². The summed E-state index contributed by atoms with van der Waals surface area (Å²) in [5, 5.41) is 3.45. The molecule has 138 valence electrons. The standard InChI is InChI=1S/C21H33N3O/c25-19-20-11-7-8-16(14-24(15-20)17-9-3-1-4-10-17)18(20)22-21(23-19)12-5-2-6-13-21/h16-17H,1-15H2,(H,23,25)/t16-,20-/m0/s1. The van der Waals surface area contributed by atoms with Crippen LogP contribution in [0.4, 0.5) is 0 Å². The highest BCUT2D eigenvalue weighted by Gasteiger charge is 2.58. The number of likely N-dealkylation sites (tertiary alicyclic amines) is 1. The molecule has 5 rings (SSSR count). The molecule has 5 aliphatic rings. The molecule has 1 amide bonds. The highest BCUT2D eigenvalue weighted by atomic mass is 16.2. The Balaban J connectivity index is 1.48. The third-order valence-corrected chi connectivity index (χ3v) is 7.85. The lowest BCUT2D eigenvalue weighted by Gasteiger charge is -2.56. The summed E-state index contributed by atoms with van der Waals surface area (Å²) in [4.78, 5) is 21.5. The van der Waals surface area contributed by atoms with E-state index in [4.69, 9.17) is 4.99 Å². The Bertz CT molecular complexity index is 574. The second-order valence-corrected chi connectivity index (χ2v) is 9.44. The zero-order chi connectivity index (χ0) is 16.9. The fraction of sp³-hybridized carbons (Fsp3) is 0.905. The van der Waals surface area contributed by atoms with E-state index in [9.17, 15) is 4.79 Å². The maximum Gasteiger partial charge on any atom is 0.235 e. The lowest BCUT2D eigenvalue weighted by molar-refractivity contribution is -0.135. The molecule has 1 spiro atoms. The fourth-order valence-electron chi connectivity index (χ4n) is 6.53. The summed E-state index contributed by atoms with van der Waals surface area (Å²) in [6, 6.07) is 0.714. The van der Waals surface area contributed by atoms with Crippen molar-refractivity contribution in [3.8, 4) is 0 Å². The van der Waals surface area contributed by atoms with Crippen molar-refractivity contribution in [2.24, 2.45) is 16.3 Å². The molecule has 0 aromatic heterocycles. The molecule has 2 atom stereocenters. The summed E-state index contributed by atoms with van der Waals surface area (Å²) in [7, 11) is 0. The molecule has 0 unspecified atom stereocenters. The predicted molar refractivity (Wildman–Crippen MR) is 99.6 cm³/mol. The average molecular weight is 344 g/mol. The van der Waals surface area contributed by atoms with Gasteiger partial charge in [-0.25, -0.2) is 0 Å². The van der Waals surface area contributed by atoms with Crippen LogP contribution < -0.4 is 5.32 Å². The number of nitrogens with one attached hydrogen (secondary N) is 1. The molecule has 4 heteroatoms. The summed E-state index contributed by atoms with van der Waals surface area (Å²) >= 11 is 0. The van der Waals surface area contributed by atoms with Crippen molar-refractivity contribution >= 4 is 11.6 Å². The molecule has 3 saturated carbocycles. The van der Waals surface area contributed by atoms with E-state index in [2.05, 4.69) is 10.2 Å². The minimum absolute atomic E-state index is 0.239. The van der Waals surface area contributed by atoms with E-state index in [1.165, 1.54) is 69.9 Å². The van der Waals surface area contributed by atoms with Gasteiger partial charge in [0.15, 0.2) is 0 Å². The molecule has 0 aromatic carbocycles. The molecule has 2 aliphatic heterocycles. The molecule has 2 bridgehead atoms. The monoisotopic (exact) mass is 343 g/mol. The van der Waals surface area contributed by atoms with Crippen LogP contribution in [0.5, 0.6) is 0 Å². The summed E-state index contributed by atoms with van der Waals surface area (Å²) in [5.74, 6) is 0.860. The van der Waals surface area contributed by atoms with E-state index in [1.807, 2.05) is 0 Å². The van der Waals surface area contributed by atoms with Crippen molar-refractivity contribution in [1.82, 2.24) is 10.2 Å². The van der Waals surface area contributed by atoms with Crippen LogP contribution >= 0.6 is 0 Å². The van der Waals surface area contributed by atoms with Crippen molar-refractivity contribution in [2.75, 3.05) is 13.1 Å². The summed E-state index contributed by atoms with van der Waals surface area (Å²) in [6.07, 6.45) is 16.1. The molecular formula is C21H33N3O. The summed E-state index contributed by atoms with van der Waals surface area (Å²) < 4.78 is 0. The van der Waals surface area contributed by atoms with Crippen LogP contribution in [0.3, 0.4) is 0 Å². The zero-order valence-corrected chi connectivity index (χ0v) is 15.6. The molecule has 4 nitrogen and oxygen atoms in total. The van der Waals surface area contributed by atoms with Gasteiger partial charge in [0.05, 0.1) is 5.41 Å². The number of carbonyl (C=O) groups is 1. The Morgan fingerprint density at radius 1 is 0.920 bits per heavy atom. The number of amides is 1. The van der Waals surface area contributed by atoms with E-state index in [0.29, 0.717) is 17.9 Å². The highest BCUT2D eigenvalue weighted by molar-refractivity contribution is 6.13. The number of hydrogen-bond acceptors (Lipinski definition) is 3. The van der Waals surface area contributed by atoms with Gasteiger partial charge in [-0.2, -0.15) is 0 Å². The maximum atomic E-state index is 13.4. The first-order valence-corrected chi connectivity index (χ1v) is 10.9. The molecule has 0 aromatic rings. The molecule has 25 heavy (non-hydrogen) atoms. The number of nitrogens with zero attached hydrogens (tertiary/aromatic N) is 2. The molecule has 1 N–H and O–H groups in total. The number of aliphatic imine (C=N–C) groups is 1. The van der Waals surface area contributed by atoms with Crippen molar-refractivity contribution in [2.45, 2.75) is 95.2 Å². The number of carbonyl (C=O) groups excluding carboxylic acids is 1. The van der Waals surface area contributed by atoms with E-state index in [0.717, 1.165) is 32.4 Å². The van der Waals surface area contributed by atoms with Gasteiger partial charge < -0.3 is 5.32 Å². The van der Waals surface area contributed by atoms with Gasteiger partial charge in [0.1, 0.15) is 5.66 Å². The zero-order valence-electron chi connectivity index (χ0n) is 15.6. The van der Waals surface area contributed by atoms with E-state index in [1.54, 1.807) is 0 Å². The van der Waals surface area contributed by atoms with Gasteiger partial charge in [-0.05, 0) is 51.4 Å². The molecule has 4 fully saturated rings. The Hall–Kier alpha value is -0.900. The first-order chi connectivity index (χ1) is 12.2. The fourth-order valence-corrected chi connectivity index (χ4v) is 6.53. The molecule has 1 saturated heterocycles. The van der Waals surface area contributed by atoms with E-state index in [-0.39, 0.29) is 11.1 Å². The van der Waals surface area contributed by atoms with Crippen molar-refractivity contribution in [3.63, 3.8) is 0 Å². The first kappa shape index (κ1) is 16.3. The molecule has 2 heterocycles. The second kappa shape index (κ2) is 6.07. The Morgan fingerprint density at radius 3 is 2.48 bits per heavy atom. The smallest absolute Gasteiger partial charge is 0.235 e. The minimum atomic E-state index is -0.290. The third-order valence-electron chi connectivity index (χ3n) is 7.85. The Morgan fingerprint density at radius 2 is 1.68 bits per heavy atom. The minimum Gasteiger partial charge on any atom is -0.331 e. The van der Waals surface area contributed by atoms with E-state index >= 15 is 0 Å². The van der Waals surface area contributed by atoms with Gasteiger partial charge in [0.25, 0.3) is 0 Å². The maximum absolute atomic E-state index is 13.4. The quantitative estimate of drug-likeness (QED) is 0.790. The van der Waals surface area contributed by atoms with Gasteiger partial charge in [-0.3, -0.25) is 14.7 Å². The Labute approximate surface area is 151 Å². The SMILES string of the molecule is O=C1NC2(CCCCC2)N=C2[C@H]3CCC[C@@]12CN(C1CCCCC1)C3. The van der Waals surface area contributed by atoms with Crippen LogP contribution in [0.25, 0.3) is 0 Å². The van der Waals surface area contributed by atoms with Crippen molar-refractivity contribution in [3.05, 3.63) is 0 Å². The lowest BCUT2D eigenvalue weighted by atomic mass is 9.62. The van der Waals surface area contributed by atoms with Crippen LogP contribution in [0, 0.1) is 11.3 Å². The lowest BCUT2D eigenvalue weighted by Crippen LogP contribution is -2.70. The number of hydrogen-bond donors (Lipinski definition) is 1. The van der Waals surface area contributed by atoms with E-state index < -0.39 is 0 Å². The largest absolute Gasteiger partial charge is 0.331 e. The van der Waals surface area contributed by atoms with Gasteiger partial charge in [0, 0.05) is 30.8 Å². The van der Waals surface area contributed by atoms with Gasteiger partial charge >= 0.3 is 0 Å². The van der Waals surface area contributed by atoms with Crippen molar-refractivity contribution in [1.29, 1.82) is 0 Å². The predicted octanol–water partition coefficient (Wildman–Crippen LogP) is 3.65. The number of rotatable bonds is 1. The van der Waals surface area contributed by atoms with Crippen LogP contribution in [-0.4, -0.2) is 41.3 Å². The van der Waals surface area contributed by atoms with Crippen LogP contribution in [0.1, 0.15) is 83.5 Å². The summed E-state index contributed by atoms with van der Waals surface area (Å²) in [6.45, 7) is 2.10. The molecule has 3 aliphatic carbocycles. The third kappa shape index (κ3) is 2.58. The van der Waals surface area contributed by atoms with Crippen molar-refractivity contribution < 1.29 is 4.79 Å².